The van der Waals surface area contributed by atoms with E-state index in [9.17, 15) is 4.79 Å². The number of hydrogen-bond acceptors (Lipinski definition) is 4. The van der Waals surface area contributed by atoms with Crippen LogP contribution >= 0.6 is 0 Å². The van der Waals surface area contributed by atoms with E-state index in [0.717, 1.165) is 34.9 Å². The highest BCUT2D eigenvalue weighted by atomic mass is 16.5. The Hall–Kier alpha value is -2.56. The molecule has 3 aromatic rings. The van der Waals surface area contributed by atoms with Gasteiger partial charge >= 0.3 is 0 Å². The number of carbonyl (C=O) groups excluding carboxylic acids is 1. The van der Waals surface area contributed by atoms with Gasteiger partial charge < -0.3 is 14.5 Å². The molecule has 0 fully saturated rings. The average molecular weight is 298 g/mol. The fraction of sp³-hybridized carbons (Fsp3) is 0.294. The number of amides is 1. The maximum absolute atomic E-state index is 12.0. The van der Waals surface area contributed by atoms with Gasteiger partial charge in [0, 0.05) is 23.4 Å². The largest absolute Gasteiger partial charge is 0.497 e. The lowest BCUT2D eigenvalue weighted by atomic mass is 10.2. The fourth-order valence-electron chi connectivity index (χ4n) is 2.31. The summed E-state index contributed by atoms with van der Waals surface area (Å²) < 4.78 is 10.8. The number of carbonyl (C=O) groups is 1. The van der Waals surface area contributed by atoms with Crippen molar-refractivity contribution in [3.05, 3.63) is 36.1 Å². The summed E-state index contributed by atoms with van der Waals surface area (Å²) >= 11 is 0. The minimum atomic E-state index is -0.201. The molecule has 2 heterocycles. The van der Waals surface area contributed by atoms with Gasteiger partial charge in [0.15, 0.2) is 5.76 Å². The number of methoxy groups -OCH3 is 1. The van der Waals surface area contributed by atoms with Gasteiger partial charge in [-0.15, -0.1) is 0 Å². The van der Waals surface area contributed by atoms with E-state index in [-0.39, 0.29) is 5.91 Å². The van der Waals surface area contributed by atoms with Crippen molar-refractivity contribution < 1.29 is 13.9 Å². The Bertz CT molecular complexity index is 823. The molecule has 1 aromatic carbocycles. The van der Waals surface area contributed by atoms with E-state index < -0.39 is 0 Å². The number of nitrogens with zero attached hydrogens (tertiary/aromatic N) is 1. The third-order valence-corrected chi connectivity index (χ3v) is 3.55. The minimum absolute atomic E-state index is 0.201. The topological polar surface area (TPSA) is 64.4 Å². The zero-order chi connectivity index (χ0) is 15.5. The van der Waals surface area contributed by atoms with Gasteiger partial charge in [-0.2, -0.15) is 0 Å². The van der Waals surface area contributed by atoms with E-state index >= 15 is 0 Å². The molecule has 0 bridgehead atoms. The first-order chi connectivity index (χ1) is 10.7. The number of rotatable bonds is 5. The van der Waals surface area contributed by atoms with Crippen molar-refractivity contribution in [2.45, 2.75) is 19.8 Å². The van der Waals surface area contributed by atoms with E-state index in [0.29, 0.717) is 18.0 Å². The van der Waals surface area contributed by atoms with Crippen LogP contribution in [0.3, 0.4) is 0 Å². The second-order valence-corrected chi connectivity index (χ2v) is 5.16. The van der Waals surface area contributed by atoms with E-state index in [1.165, 1.54) is 0 Å². The average Bonchev–Trinajstić information content (AvgIpc) is 2.95. The van der Waals surface area contributed by atoms with Gasteiger partial charge in [-0.1, -0.05) is 13.3 Å². The van der Waals surface area contributed by atoms with Crippen LogP contribution in [0.2, 0.25) is 0 Å². The Morgan fingerprint density at radius 2 is 2.14 bits per heavy atom. The van der Waals surface area contributed by atoms with Crippen LogP contribution in [0.5, 0.6) is 5.75 Å². The smallest absolute Gasteiger partial charge is 0.287 e. The standard InChI is InChI=1S/C17H18N2O3/c1-3-4-7-18-16(20)15-9-12-8-11-5-6-13(21-2)10-14(11)19-17(12)22-15/h5-6,8-10H,3-4,7H2,1-2H3,(H,18,20). The fourth-order valence-corrected chi connectivity index (χ4v) is 2.31. The molecular formula is C17H18N2O3. The molecule has 22 heavy (non-hydrogen) atoms. The van der Waals surface area contributed by atoms with Crippen molar-refractivity contribution in [2.24, 2.45) is 0 Å². The Labute approximate surface area is 128 Å². The molecule has 1 amide bonds. The van der Waals surface area contributed by atoms with Gasteiger partial charge in [0.25, 0.3) is 5.91 Å². The highest BCUT2D eigenvalue weighted by molar-refractivity contribution is 5.98. The number of ether oxygens (including phenoxy) is 1. The zero-order valence-electron chi connectivity index (χ0n) is 12.7. The summed E-state index contributed by atoms with van der Waals surface area (Å²) in [7, 11) is 1.62. The lowest BCUT2D eigenvalue weighted by Gasteiger charge is -2.01. The number of benzene rings is 1. The lowest BCUT2D eigenvalue weighted by Crippen LogP contribution is -2.23. The van der Waals surface area contributed by atoms with Crippen LogP contribution in [-0.2, 0) is 0 Å². The maximum atomic E-state index is 12.0. The summed E-state index contributed by atoms with van der Waals surface area (Å²) in [6.45, 7) is 2.73. The number of furan rings is 1. The van der Waals surface area contributed by atoms with Crippen molar-refractivity contribution in [1.29, 1.82) is 0 Å². The molecule has 3 rings (SSSR count). The molecule has 0 saturated carbocycles. The number of aromatic nitrogens is 1. The number of fused-ring (bicyclic) bond motifs is 2. The molecular weight excluding hydrogens is 280 g/mol. The molecule has 0 radical (unpaired) electrons. The molecule has 0 unspecified atom stereocenters. The first kappa shape index (κ1) is 14.4. The Morgan fingerprint density at radius 1 is 1.27 bits per heavy atom. The Balaban J connectivity index is 1.95. The van der Waals surface area contributed by atoms with Crippen LogP contribution < -0.4 is 10.1 Å². The number of nitrogens with one attached hydrogen (secondary N) is 1. The van der Waals surface area contributed by atoms with Gasteiger partial charge in [0.2, 0.25) is 5.71 Å². The van der Waals surface area contributed by atoms with Gasteiger partial charge in [-0.05, 0) is 30.7 Å². The van der Waals surface area contributed by atoms with E-state index in [4.69, 9.17) is 9.15 Å². The molecule has 0 spiro atoms. The first-order valence-electron chi connectivity index (χ1n) is 7.38. The number of unbranched alkanes of at least 4 members (excludes halogenated alkanes) is 1. The molecule has 5 heteroatoms. The quantitative estimate of drug-likeness (QED) is 0.732. The van der Waals surface area contributed by atoms with Crippen molar-refractivity contribution in [3.8, 4) is 5.75 Å². The lowest BCUT2D eigenvalue weighted by molar-refractivity contribution is 0.0927. The van der Waals surface area contributed by atoms with Gasteiger partial charge in [-0.25, -0.2) is 4.98 Å². The molecule has 1 N–H and O–H groups in total. The van der Waals surface area contributed by atoms with Crippen molar-refractivity contribution in [3.63, 3.8) is 0 Å². The summed E-state index contributed by atoms with van der Waals surface area (Å²) in [5.41, 5.74) is 1.24. The van der Waals surface area contributed by atoms with E-state index in [1.54, 1.807) is 13.2 Å². The summed E-state index contributed by atoms with van der Waals surface area (Å²) in [6.07, 6.45) is 1.99. The summed E-state index contributed by atoms with van der Waals surface area (Å²) in [5.74, 6) is 0.831. The predicted molar refractivity (Wildman–Crippen MR) is 85.3 cm³/mol. The van der Waals surface area contributed by atoms with Gasteiger partial charge in [0.1, 0.15) is 5.75 Å². The van der Waals surface area contributed by atoms with Crippen molar-refractivity contribution >= 4 is 27.9 Å². The molecule has 0 aliphatic rings. The second-order valence-electron chi connectivity index (χ2n) is 5.16. The molecule has 0 atom stereocenters. The molecule has 0 aliphatic carbocycles. The van der Waals surface area contributed by atoms with Crippen LogP contribution in [0, 0.1) is 0 Å². The highest BCUT2D eigenvalue weighted by Gasteiger charge is 2.13. The van der Waals surface area contributed by atoms with Crippen molar-refractivity contribution in [2.75, 3.05) is 13.7 Å². The second kappa shape index (κ2) is 6.05. The van der Waals surface area contributed by atoms with Crippen LogP contribution in [-0.4, -0.2) is 24.5 Å². The third kappa shape index (κ3) is 2.74. The van der Waals surface area contributed by atoms with Gasteiger partial charge in [-0.3, -0.25) is 4.79 Å². The van der Waals surface area contributed by atoms with Crippen LogP contribution in [0.15, 0.2) is 34.7 Å². The SMILES string of the molecule is CCCCNC(=O)c1cc2cc3ccc(OC)cc3nc2o1. The monoisotopic (exact) mass is 298 g/mol. The highest BCUT2D eigenvalue weighted by Crippen LogP contribution is 2.25. The van der Waals surface area contributed by atoms with Crippen LogP contribution in [0.1, 0.15) is 30.3 Å². The Kier molecular flexibility index (Phi) is 3.96. The Morgan fingerprint density at radius 3 is 2.91 bits per heavy atom. The normalized spacial score (nSPS) is 11.0. The molecule has 0 saturated heterocycles. The number of pyridine rings is 1. The predicted octanol–water partition coefficient (Wildman–Crippen LogP) is 3.52. The first-order valence-corrected chi connectivity index (χ1v) is 7.38. The summed E-state index contributed by atoms with van der Waals surface area (Å²) in [6, 6.07) is 9.36. The van der Waals surface area contributed by atoms with Crippen molar-refractivity contribution in [1.82, 2.24) is 10.3 Å². The molecule has 5 nitrogen and oxygen atoms in total. The molecule has 0 aliphatic heterocycles. The van der Waals surface area contributed by atoms with Crippen LogP contribution in [0.4, 0.5) is 0 Å². The maximum Gasteiger partial charge on any atom is 0.287 e. The molecule has 2 aromatic heterocycles. The summed E-state index contributed by atoms with van der Waals surface area (Å²) in [4.78, 5) is 16.5. The van der Waals surface area contributed by atoms with Gasteiger partial charge in [0.05, 0.1) is 12.6 Å². The minimum Gasteiger partial charge on any atom is -0.497 e. The third-order valence-electron chi connectivity index (χ3n) is 3.55. The van der Waals surface area contributed by atoms with E-state index in [1.807, 2.05) is 24.3 Å². The van der Waals surface area contributed by atoms with E-state index in [2.05, 4.69) is 17.2 Å². The zero-order valence-corrected chi connectivity index (χ0v) is 12.7. The molecule has 114 valence electrons. The summed E-state index contributed by atoms with van der Waals surface area (Å²) in [5, 5.41) is 4.64. The number of hydrogen-bond donors (Lipinski definition) is 1. The van der Waals surface area contributed by atoms with Crippen LogP contribution in [0.25, 0.3) is 22.0 Å².